The van der Waals surface area contributed by atoms with Crippen LogP contribution in [0, 0.1) is 23.1 Å². The smallest absolute Gasteiger partial charge is 0.269 e. The molecule has 10 heteroatoms. The van der Waals surface area contributed by atoms with Gasteiger partial charge in [0.15, 0.2) is 5.82 Å². The van der Waals surface area contributed by atoms with Crippen molar-refractivity contribution in [3.05, 3.63) is 51.6 Å². The number of benzene rings is 1. The molecule has 0 bridgehead atoms. The minimum atomic E-state index is -0.331. The Labute approximate surface area is 238 Å². The largest absolute Gasteiger partial charge is 0.300 e. The van der Waals surface area contributed by atoms with Gasteiger partial charge in [-0.1, -0.05) is 19.3 Å². The number of carbonyl (C=O) groups excluding carboxylic acids is 1. The van der Waals surface area contributed by atoms with Gasteiger partial charge in [-0.05, 0) is 105 Å². The first-order valence-corrected chi connectivity index (χ1v) is 15.1. The number of halogens is 2. The zero-order chi connectivity index (χ0) is 27.2. The van der Waals surface area contributed by atoms with Gasteiger partial charge in [-0.25, -0.2) is 9.37 Å². The van der Waals surface area contributed by atoms with E-state index in [4.69, 9.17) is 0 Å². The molecule has 2 aromatic rings. The second kappa shape index (κ2) is 13.2. The topological polar surface area (TPSA) is 88.4 Å². The van der Waals surface area contributed by atoms with Crippen molar-refractivity contribution in [3.8, 4) is 6.07 Å². The molecule has 0 spiro atoms. The fraction of sp³-hybridized carbons (Fsp3) is 0.586. The Morgan fingerprint density at radius 2 is 1.85 bits per heavy atom. The van der Waals surface area contributed by atoms with Crippen molar-refractivity contribution in [2.45, 2.75) is 70.4 Å². The highest BCUT2D eigenvalue weighted by atomic mass is 79.9. The third-order valence-electron chi connectivity index (χ3n) is 8.40. The zero-order valence-corrected chi connectivity index (χ0v) is 24.0. The summed E-state index contributed by atoms with van der Waals surface area (Å²) in [4.78, 5) is 26.7. The molecule has 5 rings (SSSR count). The SMILES string of the molecule is N#Cc1ncc(Br)c(N(CC2CCCC2)NC(=O)c2ccc(F)c(CN3CCC(N4CCCCC4)CC3)c2)n1. The molecule has 3 heterocycles. The minimum Gasteiger partial charge on any atom is -0.300 e. The number of carbonyl (C=O) groups is 1. The number of piperidine rings is 2. The standard InChI is InChI=1S/C29H37BrFN7O/c30-25-18-33-27(17-32)34-28(25)38(19-21-6-2-3-7-21)35-29(39)22-8-9-26(31)23(16-22)20-36-14-10-24(11-15-36)37-12-4-1-5-13-37/h8-9,16,18,21,24H,1-7,10-15,19-20H2,(H,35,39). The first-order chi connectivity index (χ1) is 19.0. The number of nitrogens with zero attached hydrogens (tertiary/aromatic N) is 6. The lowest BCUT2D eigenvalue weighted by atomic mass is 9.99. The molecule has 0 atom stereocenters. The highest BCUT2D eigenvalue weighted by molar-refractivity contribution is 9.10. The van der Waals surface area contributed by atoms with Gasteiger partial charge in [-0.15, -0.1) is 0 Å². The second-order valence-electron chi connectivity index (χ2n) is 11.1. The van der Waals surface area contributed by atoms with E-state index in [0.717, 1.165) is 51.6 Å². The Bertz CT molecular complexity index is 1180. The summed E-state index contributed by atoms with van der Waals surface area (Å²) in [6.07, 6.45) is 12.2. The number of hydrazine groups is 1. The van der Waals surface area contributed by atoms with Gasteiger partial charge in [0.25, 0.3) is 5.91 Å². The van der Waals surface area contributed by atoms with E-state index in [1.807, 2.05) is 6.07 Å². The fourth-order valence-corrected chi connectivity index (χ4v) is 6.63. The zero-order valence-electron chi connectivity index (χ0n) is 22.4. The van der Waals surface area contributed by atoms with E-state index in [1.54, 1.807) is 11.1 Å². The molecule has 0 unspecified atom stereocenters. The van der Waals surface area contributed by atoms with Crippen LogP contribution in [0.4, 0.5) is 10.2 Å². The molecular weight excluding hydrogens is 561 g/mol. The van der Waals surface area contributed by atoms with Crippen molar-refractivity contribution < 1.29 is 9.18 Å². The summed E-state index contributed by atoms with van der Waals surface area (Å²) < 4.78 is 15.4. The van der Waals surface area contributed by atoms with E-state index in [0.29, 0.717) is 46.5 Å². The van der Waals surface area contributed by atoms with Gasteiger partial charge >= 0.3 is 0 Å². The van der Waals surface area contributed by atoms with Gasteiger partial charge in [-0.3, -0.25) is 20.1 Å². The second-order valence-corrected chi connectivity index (χ2v) is 11.9. The van der Waals surface area contributed by atoms with Crippen LogP contribution in [-0.4, -0.2) is 64.4 Å². The lowest BCUT2D eigenvalue weighted by Gasteiger charge is -2.40. The van der Waals surface area contributed by atoms with Crippen LogP contribution in [0.25, 0.3) is 0 Å². The highest BCUT2D eigenvalue weighted by Gasteiger charge is 2.27. The minimum absolute atomic E-state index is 0.0343. The summed E-state index contributed by atoms with van der Waals surface area (Å²) in [7, 11) is 0. The molecule has 1 aliphatic carbocycles. The Hall–Kier alpha value is -2.61. The summed E-state index contributed by atoms with van der Waals surface area (Å²) in [6, 6.07) is 7.20. The summed E-state index contributed by atoms with van der Waals surface area (Å²) in [5.74, 6) is 0.272. The molecule has 1 N–H and O–H groups in total. The first kappa shape index (κ1) is 27.9. The summed E-state index contributed by atoms with van der Waals surface area (Å²) >= 11 is 3.48. The van der Waals surface area contributed by atoms with E-state index in [2.05, 4.69) is 41.1 Å². The van der Waals surface area contributed by atoms with Crippen molar-refractivity contribution in [1.29, 1.82) is 5.26 Å². The predicted molar refractivity (Wildman–Crippen MR) is 151 cm³/mol. The molecule has 0 radical (unpaired) electrons. The average Bonchev–Trinajstić information content (AvgIpc) is 3.48. The third-order valence-corrected chi connectivity index (χ3v) is 8.96. The van der Waals surface area contributed by atoms with Crippen molar-refractivity contribution in [1.82, 2.24) is 25.2 Å². The lowest BCUT2D eigenvalue weighted by molar-refractivity contribution is 0.0891. The highest BCUT2D eigenvalue weighted by Crippen LogP contribution is 2.29. The number of nitriles is 1. The number of hydrogen-bond donors (Lipinski definition) is 1. The number of nitrogens with one attached hydrogen (secondary N) is 1. The van der Waals surface area contributed by atoms with Crippen LogP contribution in [0.5, 0.6) is 0 Å². The maximum atomic E-state index is 14.9. The van der Waals surface area contributed by atoms with Gasteiger partial charge in [0.1, 0.15) is 11.9 Å². The monoisotopic (exact) mass is 597 g/mol. The summed E-state index contributed by atoms with van der Waals surface area (Å²) in [6.45, 7) is 5.36. The van der Waals surface area contributed by atoms with Crippen LogP contribution in [0.15, 0.2) is 28.9 Å². The Balaban J connectivity index is 1.26. The number of likely N-dealkylation sites (tertiary alicyclic amines) is 2. The van der Waals surface area contributed by atoms with E-state index < -0.39 is 0 Å². The van der Waals surface area contributed by atoms with Crippen LogP contribution in [0.2, 0.25) is 0 Å². The maximum absolute atomic E-state index is 14.9. The number of aromatic nitrogens is 2. The molecule has 3 aliphatic rings. The molecule has 3 fully saturated rings. The third kappa shape index (κ3) is 7.13. The van der Waals surface area contributed by atoms with Crippen molar-refractivity contribution in [3.63, 3.8) is 0 Å². The molecule has 208 valence electrons. The van der Waals surface area contributed by atoms with E-state index in [9.17, 15) is 14.4 Å². The lowest BCUT2D eigenvalue weighted by Crippen LogP contribution is -2.46. The van der Waals surface area contributed by atoms with E-state index in [-0.39, 0.29) is 17.5 Å². The van der Waals surface area contributed by atoms with Gasteiger partial charge < -0.3 is 4.90 Å². The summed E-state index contributed by atoms with van der Waals surface area (Å²) in [5, 5.41) is 11.0. The number of rotatable bonds is 8. The van der Waals surface area contributed by atoms with E-state index >= 15 is 0 Å². The Morgan fingerprint density at radius 1 is 1.10 bits per heavy atom. The van der Waals surface area contributed by atoms with Crippen LogP contribution in [0.1, 0.15) is 79.5 Å². The van der Waals surface area contributed by atoms with Gasteiger partial charge in [-0.2, -0.15) is 10.2 Å². The first-order valence-electron chi connectivity index (χ1n) is 14.3. The molecule has 1 aromatic carbocycles. The van der Waals surface area contributed by atoms with Gasteiger partial charge in [0.2, 0.25) is 5.82 Å². The summed E-state index contributed by atoms with van der Waals surface area (Å²) in [5.41, 5.74) is 3.92. The van der Waals surface area contributed by atoms with Crippen LogP contribution in [-0.2, 0) is 6.54 Å². The number of amides is 1. The molecule has 39 heavy (non-hydrogen) atoms. The van der Waals surface area contributed by atoms with Gasteiger partial charge in [0.05, 0.1) is 4.47 Å². The van der Waals surface area contributed by atoms with Crippen molar-refractivity contribution in [2.24, 2.45) is 5.92 Å². The van der Waals surface area contributed by atoms with Gasteiger partial charge in [0, 0.05) is 36.5 Å². The van der Waals surface area contributed by atoms with Crippen molar-refractivity contribution in [2.75, 3.05) is 37.7 Å². The molecule has 1 amide bonds. The molecule has 2 saturated heterocycles. The molecule has 1 aromatic heterocycles. The fourth-order valence-electron chi connectivity index (χ4n) is 6.23. The number of anilines is 1. The average molecular weight is 599 g/mol. The normalized spacial score (nSPS) is 19.6. The van der Waals surface area contributed by atoms with Crippen LogP contribution in [0.3, 0.4) is 0 Å². The van der Waals surface area contributed by atoms with Crippen LogP contribution < -0.4 is 10.4 Å². The molecule has 8 nitrogen and oxygen atoms in total. The Kier molecular flexibility index (Phi) is 9.43. The maximum Gasteiger partial charge on any atom is 0.269 e. The Morgan fingerprint density at radius 3 is 2.56 bits per heavy atom. The van der Waals surface area contributed by atoms with Crippen molar-refractivity contribution >= 4 is 27.7 Å². The number of hydrogen-bond acceptors (Lipinski definition) is 7. The van der Waals surface area contributed by atoms with E-state index in [1.165, 1.54) is 50.7 Å². The predicted octanol–water partition coefficient (Wildman–Crippen LogP) is 5.04. The molecule has 2 aliphatic heterocycles. The quantitative estimate of drug-likeness (QED) is 0.426. The molecular formula is C29H37BrFN7O. The molecule has 1 saturated carbocycles. The van der Waals surface area contributed by atoms with Crippen LogP contribution >= 0.6 is 15.9 Å².